The van der Waals surface area contributed by atoms with Crippen LogP contribution in [0.4, 0.5) is 0 Å². The number of aromatic nitrogens is 2. The van der Waals surface area contributed by atoms with E-state index in [1.807, 2.05) is 13.8 Å². The smallest absolute Gasteiger partial charge is 0.240 e. The second kappa shape index (κ2) is 5.56. The van der Waals surface area contributed by atoms with Gasteiger partial charge in [0.25, 0.3) is 0 Å². The fourth-order valence-electron chi connectivity index (χ4n) is 2.49. The first-order valence-electron chi connectivity index (χ1n) is 6.87. The maximum absolute atomic E-state index is 5.97. The molecule has 0 aromatic carbocycles. The number of hydrogen-bond acceptors (Lipinski definition) is 6. The van der Waals surface area contributed by atoms with Crippen LogP contribution in [0.2, 0.25) is 0 Å². The van der Waals surface area contributed by atoms with Gasteiger partial charge in [-0.2, -0.15) is 4.98 Å². The summed E-state index contributed by atoms with van der Waals surface area (Å²) < 4.78 is 5.31. The Morgan fingerprint density at radius 3 is 2.79 bits per heavy atom. The van der Waals surface area contributed by atoms with Gasteiger partial charge in [-0.05, 0) is 47.3 Å². The maximum atomic E-state index is 5.97. The summed E-state index contributed by atoms with van der Waals surface area (Å²) >= 11 is 0. The van der Waals surface area contributed by atoms with E-state index in [9.17, 15) is 0 Å². The molecule has 108 valence electrons. The Kier molecular flexibility index (Phi) is 4.23. The zero-order valence-corrected chi connectivity index (χ0v) is 12.4. The van der Waals surface area contributed by atoms with E-state index in [1.54, 1.807) is 0 Å². The van der Waals surface area contributed by atoms with Crippen molar-refractivity contribution in [2.45, 2.75) is 44.8 Å². The summed E-state index contributed by atoms with van der Waals surface area (Å²) in [5.74, 6) is 1.24. The van der Waals surface area contributed by atoms with E-state index < -0.39 is 5.54 Å². The molecule has 1 aliphatic rings. The van der Waals surface area contributed by atoms with Gasteiger partial charge in [0.15, 0.2) is 5.82 Å². The Morgan fingerprint density at radius 1 is 1.47 bits per heavy atom. The Labute approximate surface area is 114 Å². The molecule has 2 N–H and O–H groups in total. The third kappa shape index (κ3) is 3.75. The molecule has 6 heteroatoms. The lowest BCUT2D eigenvalue weighted by Gasteiger charge is -2.25. The first-order chi connectivity index (χ1) is 8.86. The highest BCUT2D eigenvalue weighted by atomic mass is 16.5. The van der Waals surface area contributed by atoms with Crippen molar-refractivity contribution in [3.05, 3.63) is 11.7 Å². The van der Waals surface area contributed by atoms with Crippen molar-refractivity contribution < 1.29 is 4.52 Å². The van der Waals surface area contributed by atoms with Gasteiger partial charge in [-0.3, -0.25) is 4.90 Å². The van der Waals surface area contributed by atoms with Crippen molar-refractivity contribution in [2.24, 2.45) is 5.73 Å². The Bertz CT molecular complexity index is 409. The van der Waals surface area contributed by atoms with Gasteiger partial charge in [-0.1, -0.05) is 5.16 Å². The molecule has 1 aliphatic heterocycles. The fraction of sp³-hybridized carbons (Fsp3) is 0.846. The highest BCUT2D eigenvalue weighted by molar-refractivity contribution is 4.99. The fourth-order valence-corrected chi connectivity index (χ4v) is 2.49. The molecule has 1 atom stereocenters. The van der Waals surface area contributed by atoms with Crippen LogP contribution in [0.15, 0.2) is 4.52 Å². The van der Waals surface area contributed by atoms with Crippen LogP contribution in [-0.2, 0) is 12.1 Å². The van der Waals surface area contributed by atoms with Gasteiger partial charge in [0.2, 0.25) is 5.89 Å². The first kappa shape index (κ1) is 14.4. The van der Waals surface area contributed by atoms with Crippen LogP contribution in [0, 0.1) is 0 Å². The molecule has 1 fully saturated rings. The van der Waals surface area contributed by atoms with Gasteiger partial charge in [0.05, 0.1) is 12.1 Å². The van der Waals surface area contributed by atoms with Crippen molar-refractivity contribution in [3.63, 3.8) is 0 Å². The molecular formula is C13H25N5O. The van der Waals surface area contributed by atoms with Crippen molar-refractivity contribution in [2.75, 3.05) is 27.2 Å². The van der Waals surface area contributed by atoms with E-state index in [0.717, 1.165) is 19.6 Å². The average Bonchev–Trinajstić information content (AvgIpc) is 2.88. The summed E-state index contributed by atoms with van der Waals surface area (Å²) in [5.41, 5.74) is 5.42. The molecule has 2 heterocycles. The lowest BCUT2D eigenvalue weighted by Crippen LogP contribution is -2.37. The first-order valence-corrected chi connectivity index (χ1v) is 6.87. The highest BCUT2D eigenvalue weighted by Crippen LogP contribution is 2.21. The van der Waals surface area contributed by atoms with Gasteiger partial charge in [0.1, 0.15) is 0 Å². The quantitative estimate of drug-likeness (QED) is 0.850. The molecule has 1 unspecified atom stereocenters. The Balaban J connectivity index is 1.98. The van der Waals surface area contributed by atoms with Crippen LogP contribution >= 0.6 is 0 Å². The molecular weight excluding hydrogens is 242 g/mol. The summed E-state index contributed by atoms with van der Waals surface area (Å²) in [6.07, 6.45) is 2.48. The third-order valence-electron chi connectivity index (χ3n) is 3.46. The highest BCUT2D eigenvalue weighted by Gasteiger charge is 2.28. The minimum Gasteiger partial charge on any atom is -0.338 e. The predicted octanol–water partition coefficient (Wildman–Crippen LogP) is 0.789. The Hall–Kier alpha value is -0.980. The summed E-state index contributed by atoms with van der Waals surface area (Å²) in [5, 5.41) is 3.97. The van der Waals surface area contributed by atoms with Gasteiger partial charge in [0, 0.05) is 12.6 Å². The van der Waals surface area contributed by atoms with E-state index in [1.165, 1.54) is 12.8 Å². The summed E-state index contributed by atoms with van der Waals surface area (Å²) in [4.78, 5) is 9.05. The summed E-state index contributed by atoms with van der Waals surface area (Å²) in [6, 6.07) is 0.580. The topological polar surface area (TPSA) is 71.4 Å². The molecule has 19 heavy (non-hydrogen) atoms. The number of nitrogens with zero attached hydrogens (tertiary/aromatic N) is 4. The van der Waals surface area contributed by atoms with Crippen LogP contribution < -0.4 is 5.73 Å². The largest absolute Gasteiger partial charge is 0.338 e. The number of rotatable bonds is 5. The van der Waals surface area contributed by atoms with Crippen LogP contribution in [0.5, 0.6) is 0 Å². The van der Waals surface area contributed by atoms with Crippen LogP contribution in [-0.4, -0.2) is 53.2 Å². The van der Waals surface area contributed by atoms with Crippen molar-refractivity contribution >= 4 is 0 Å². The van der Waals surface area contributed by atoms with E-state index in [-0.39, 0.29) is 0 Å². The summed E-state index contributed by atoms with van der Waals surface area (Å²) in [7, 11) is 4.22. The van der Waals surface area contributed by atoms with Crippen LogP contribution in [0.3, 0.4) is 0 Å². The van der Waals surface area contributed by atoms with Crippen molar-refractivity contribution in [1.29, 1.82) is 0 Å². The zero-order valence-electron chi connectivity index (χ0n) is 12.4. The van der Waals surface area contributed by atoms with E-state index in [2.05, 4.69) is 34.0 Å². The SMILES string of the molecule is CN(C)CC1CCCN1Cc1nc(C(C)(C)N)no1. The molecule has 0 saturated carbocycles. The van der Waals surface area contributed by atoms with Gasteiger partial charge in [-0.15, -0.1) is 0 Å². The average molecular weight is 267 g/mol. The molecule has 0 bridgehead atoms. The van der Waals surface area contributed by atoms with Gasteiger partial charge < -0.3 is 15.2 Å². The monoisotopic (exact) mass is 267 g/mol. The van der Waals surface area contributed by atoms with Gasteiger partial charge in [-0.25, -0.2) is 0 Å². The normalized spacial score (nSPS) is 21.5. The minimum absolute atomic E-state index is 0.546. The molecule has 6 nitrogen and oxygen atoms in total. The van der Waals surface area contributed by atoms with Crippen molar-refractivity contribution in [1.82, 2.24) is 19.9 Å². The number of likely N-dealkylation sites (tertiary alicyclic amines) is 1. The lowest BCUT2D eigenvalue weighted by molar-refractivity contribution is 0.179. The Morgan fingerprint density at radius 2 is 2.21 bits per heavy atom. The number of hydrogen-bond donors (Lipinski definition) is 1. The van der Waals surface area contributed by atoms with E-state index in [0.29, 0.717) is 17.8 Å². The lowest BCUT2D eigenvalue weighted by atomic mass is 10.1. The zero-order chi connectivity index (χ0) is 14.0. The minimum atomic E-state index is -0.546. The second-order valence-corrected chi connectivity index (χ2v) is 6.26. The molecule has 0 radical (unpaired) electrons. The molecule has 2 rings (SSSR count). The van der Waals surface area contributed by atoms with Crippen LogP contribution in [0.25, 0.3) is 0 Å². The third-order valence-corrected chi connectivity index (χ3v) is 3.46. The van der Waals surface area contributed by atoms with E-state index >= 15 is 0 Å². The number of nitrogens with two attached hydrogens (primary N) is 1. The maximum Gasteiger partial charge on any atom is 0.240 e. The van der Waals surface area contributed by atoms with Crippen molar-refractivity contribution in [3.8, 4) is 0 Å². The number of likely N-dealkylation sites (N-methyl/N-ethyl adjacent to an activating group) is 1. The van der Waals surface area contributed by atoms with Crippen LogP contribution in [0.1, 0.15) is 38.4 Å². The standard InChI is InChI=1S/C13H25N5O/c1-13(2,14)12-15-11(19-16-12)9-18-7-5-6-10(18)8-17(3)4/h10H,5-9,14H2,1-4H3. The molecule has 1 saturated heterocycles. The van der Waals surface area contributed by atoms with E-state index in [4.69, 9.17) is 10.3 Å². The molecule has 1 aromatic rings. The summed E-state index contributed by atoms with van der Waals surface area (Å²) in [6.45, 7) is 6.66. The molecule has 0 aliphatic carbocycles. The second-order valence-electron chi connectivity index (χ2n) is 6.26. The molecule has 1 aromatic heterocycles. The molecule has 0 amide bonds. The predicted molar refractivity (Wildman–Crippen MR) is 73.5 cm³/mol. The van der Waals surface area contributed by atoms with Gasteiger partial charge >= 0.3 is 0 Å². The molecule has 0 spiro atoms.